The van der Waals surface area contributed by atoms with Gasteiger partial charge >= 0.3 is 0 Å². The van der Waals surface area contributed by atoms with E-state index < -0.39 is 12.0 Å². The molecule has 0 aliphatic carbocycles. The lowest BCUT2D eigenvalue weighted by atomic mass is 10.1. The highest BCUT2D eigenvalue weighted by atomic mass is 19.1. The quantitative estimate of drug-likeness (QED) is 0.410. The summed E-state index contributed by atoms with van der Waals surface area (Å²) in [5.74, 6) is 0.183. The van der Waals surface area contributed by atoms with Gasteiger partial charge in [-0.1, -0.05) is 5.16 Å². The lowest BCUT2D eigenvalue weighted by Gasteiger charge is -2.38. The van der Waals surface area contributed by atoms with Gasteiger partial charge < -0.3 is 14.2 Å². The Morgan fingerprint density at radius 1 is 1.24 bits per heavy atom. The van der Waals surface area contributed by atoms with Gasteiger partial charge in [-0.05, 0) is 43.2 Å². The molecule has 11 heteroatoms. The fourth-order valence-electron chi connectivity index (χ4n) is 3.88. The summed E-state index contributed by atoms with van der Waals surface area (Å²) in [6.45, 7) is 3.20. The molecule has 1 aromatic carbocycles. The van der Waals surface area contributed by atoms with Crippen LogP contribution in [0.4, 0.5) is 10.1 Å². The number of anilines is 1. The van der Waals surface area contributed by atoms with Gasteiger partial charge in [0.25, 0.3) is 5.89 Å². The molecule has 3 aromatic heterocycles. The number of rotatable bonds is 6. The number of halogens is 1. The third kappa shape index (κ3) is 4.22. The summed E-state index contributed by atoms with van der Waals surface area (Å²) in [7, 11) is 0. The van der Waals surface area contributed by atoms with Gasteiger partial charge in [0, 0.05) is 12.1 Å². The number of aldehydes is 1. The number of benzene rings is 1. The maximum absolute atomic E-state index is 13.2. The van der Waals surface area contributed by atoms with E-state index in [-0.39, 0.29) is 5.89 Å². The molecule has 1 fully saturated rings. The average Bonchev–Trinajstić information content (AvgIpc) is 3.52. The van der Waals surface area contributed by atoms with Gasteiger partial charge in [-0.3, -0.25) is 4.79 Å². The molecule has 0 N–H and O–H groups in total. The van der Waals surface area contributed by atoms with E-state index in [4.69, 9.17) is 9.26 Å². The van der Waals surface area contributed by atoms with Crippen LogP contribution in [-0.2, 0) is 11.2 Å². The molecule has 1 aliphatic rings. The zero-order valence-electron chi connectivity index (χ0n) is 17.8. The number of aryl methyl sites for hydroxylation is 1. The van der Waals surface area contributed by atoms with Crippen LogP contribution in [0.5, 0.6) is 0 Å². The van der Waals surface area contributed by atoms with E-state index in [2.05, 4.69) is 30.2 Å². The minimum absolute atomic E-state index is 0.201. The Morgan fingerprint density at radius 3 is 2.85 bits per heavy atom. The van der Waals surface area contributed by atoms with Gasteiger partial charge in [-0.15, -0.1) is 4.80 Å². The van der Waals surface area contributed by atoms with Crippen LogP contribution in [0.1, 0.15) is 28.2 Å². The normalized spacial score (nSPS) is 16.2. The molecule has 33 heavy (non-hydrogen) atoms. The third-order valence-electron chi connectivity index (χ3n) is 5.29. The van der Waals surface area contributed by atoms with Crippen molar-refractivity contribution in [1.29, 1.82) is 0 Å². The van der Waals surface area contributed by atoms with Gasteiger partial charge in [0.2, 0.25) is 0 Å². The first-order chi connectivity index (χ1) is 16.1. The second kappa shape index (κ2) is 8.87. The Morgan fingerprint density at radius 2 is 2.09 bits per heavy atom. The van der Waals surface area contributed by atoms with Crippen LogP contribution in [-0.4, -0.2) is 55.8 Å². The van der Waals surface area contributed by atoms with Gasteiger partial charge in [0.1, 0.15) is 23.4 Å². The zero-order valence-corrected chi connectivity index (χ0v) is 17.8. The predicted molar refractivity (Wildman–Crippen MR) is 114 cm³/mol. The smallest absolute Gasteiger partial charge is 0.276 e. The van der Waals surface area contributed by atoms with E-state index >= 15 is 0 Å². The summed E-state index contributed by atoms with van der Waals surface area (Å²) in [6.07, 6.45) is 5.76. The summed E-state index contributed by atoms with van der Waals surface area (Å²) >= 11 is 0. The molecule has 0 saturated carbocycles. The Hall–Kier alpha value is -3.99. The first-order valence-electron chi connectivity index (χ1n) is 10.4. The zero-order chi connectivity index (χ0) is 22.8. The van der Waals surface area contributed by atoms with Crippen LogP contribution in [0.25, 0.3) is 17.3 Å². The molecule has 1 aliphatic heterocycles. The van der Waals surface area contributed by atoms with Crippen LogP contribution in [0, 0.1) is 12.7 Å². The molecule has 10 nitrogen and oxygen atoms in total. The highest BCUT2D eigenvalue weighted by molar-refractivity contribution is 5.86. The number of pyridine rings is 1. The molecule has 168 valence electrons. The molecule has 0 amide bonds. The second-order valence-corrected chi connectivity index (χ2v) is 7.61. The first kappa shape index (κ1) is 20.9. The molecule has 0 radical (unpaired) electrons. The van der Waals surface area contributed by atoms with Crippen molar-refractivity contribution in [2.45, 2.75) is 26.0 Å². The minimum Gasteiger partial charge on any atom is -0.358 e. The van der Waals surface area contributed by atoms with E-state index in [0.717, 1.165) is 30.2 Å². The molecule has 5 rings (SSSR count). The number of carbonyl (C=O) groups is 1. The highest BCUT2D eigenvalue weighted by Crippen LogP contribution is 2.32. The number of ether oxygens (including phenoxy) is 1. The van der Waals surface area contributed by atoms with Gasteiger partial charge in [-0.25, -0.2) is 9.37 Å². The molecule has 1 saturated heterocycles. The summed E-state index contributed by atoms with van der Waals surface area (Å²) < 4.78 is 24.5. The van der Waals surface area contributed by atoms with E-state index in [1.807, 2.05) is 13.0 Å². The Labute approximate surface area is 188 Å². The lowest BCUT2D eigenvalue weighted by Crippen LogP contribution is -2.45. The fraction of sp³-hybridized carbons (Fsp3) is 0.273. The van der Waals surface area contributed by atoms with Crippen LogP contribution < -0.4 is 4.90 Å². The number of hydrogen-bond acceptors (Lipinski definition) is 9. The molecule has 4 aromatic rings. The number of nitrogens with zero attached hydrogens (tertiary/aromatic N) is 7. The topological polar surface area (TPSA) is 112 Å². The summed E-state index contributed by atoms with van der Waals surface area (Å²) in [5, 5.41) is 12.5. The largest absolute Gasteiger partial charge is 0.358 e. The van der Waals surface area contributed by atoms with Gasteiger partial charge in [0.05, 0.1) is 37.3 Å². The minimum atomic E-state index is -0.444. The Balaban J connectivity index is 1.48. The van der Waals surface area contributed by atoms with E-state index in [9.17, 15) is 9.18 Å². The van der Waals surface area contributed by atoms with Crippen molar-refractivity contribution < 1.29 is 18.4 Å². The van der Waals surface area contributed by atoms with E-state index in [1.54, 1.807) is 18.5 Å². The third-order valence-corrected chi connectivity index (χ3v) is 5.29. The van der Waals surface area contributed by atoms with Crippen LogP contribution in [0.3, 0.4) is 0 Å². The standard InChI is InChI=1S/C22H20FN7O3/c1-14-9-15(13-31)21(30-25-5-6-26-30)18(10-14)29-7-2-8-32-20(29)11-19-27-22(33-28-19)17-4-3-16(23)12-24-17/h3-6,9-10,12-13,20H,2,7-8,11H2,1H3. The highest BCUT2D eigenvalue weighted by Gasteiger charge is 2.29. The molecular formula is C22H20FN7O3. The van der Waals surface area contributed by atoms with Gasteiger partial charge in [-0.2, -0.15) is 15.2 Å². The molecule has 1 atom stereocenters. The summed E-state index contributed by atoms with van der Waals surface area (Å²) in [4.78, 5) is 23.7. The van der Waals surface area contributed by atoms with Crippen molar-refractivity contribution in [3.8, 4) is 17.3 Å². The van der Waals surface area contributed by atoms with Crippen LogP contribution in [0.15, 0.2) is 47.4 Å². The molecule has 4 heterocycles. The lowest BCUT2D eigenvalue weighted by molar-refractivity contribution is 0.0248. The monoisotopic (exact) mass is 449 g/mol. The molecule has 0 bridgehead atoms. The number of aromatic nitrogens is 6. The average molecular weight is 449 g/mol. The molecular weight excluding hydrogens is 429 g/mol. The van der Waals surface area contributed by atoms with Crippen molar-refractivity contribution in [3.05, 3.63) is 65.6 Å². The van der Waals surface area contributed by atoms with E-state index in [1.165, 1.54) is 16.9 Å². The summed E-state index contributed by atoms with van der Waals surface area (Å²) in [6, 6.07) is 6.55. The van der Waals surface area contributed by atoms with Crippen LogP contribution >= 0.6 is 0 Å². The molecule has 0 spiro atoms. The maximum Gasteiger partial charge on any atom is 0.276 e. The maximum atomic E-state index is 13.2. The van der Waals surface area contributed by atoms with Crippen molar-refractivity contribution in [3.63, 3.8) is 0 Å². The second-order valence-electron chi connectivity index (χ2n) is 7.61. The Bertz CT molecular complexity index is 1260. The van der Waals surface area contributed by atoms with Crippen molar-refractivity contribution in [2.75, 3.05) is 18.1 Å². The first-order valence-corrected chi connectivity index (χ1v) is 10.4. The fourth-order valence-corrected chi connectivity index (χ4v) is 3.88. The van der Waals surface area contributed by atoms with Crippen LogP contribution in [0.2, 0.25) is 0 Å². The Kier molecular flexibility index (Phi) is 5.61. The van der Waals surface area contributed by atoms with E-state index in [0.29, 0.717) is 42.3 Å². The molecule has 1 unspecified atom stereocenters. The van der Waals surface area contributed by atoms with Crippen molar-refractivity contribution in [1.82, 2.24) is 30.1 Å². The van der Waals surface area contributed by atoms with Gasteiger partial charge in [0.15, 0.2) is 12.1 Å². The number of carbonyl (C=O) groups excluding carboxylic acids is 1. The predicted octanol–water partition coefficient (Wildman–Crippen LogP) is 2.77. The summed E-state index contributed by atoms with van der Waals surface area (Å²) in [5.41, 5.74) is 3.16. The number of hydrogen-bond donors (Lipinski definition) is 0. The van der Waals surface area contributed by atoms with Crippen molar-refractivity contribution >= 4 is 12.0 Å². The van der Waals surface area contributed by atoms with Crippen molar-refractivity contribution in [2.24, 2.45) is 0 Å². The SMILES string of the molecule is Cc1cc(C=O)c(-n2nccn2)c(N2CCCOC2Cc2noc(-c3ccc(F)cn3)n2)c1.